The number of nitrogens with one attached hydrogen (secondary N) is 4. The van der Waals surface area contributed by atoms with Crippen LogP contribution >= 0.6 is 12.2 Å². The highest BCUT2D eigenvalue weighted by Gasteiger charge is 2.06. The molecular weight excluding hydrogens is 388 g/mol. The van der Waals surface area contributed by atoms with Crippen LogP contribution in [0.1, 0.15) is 22.8 Å². The monoisotopic (exact) mass is 417 g/mol. The van der Waals surface area contributed by atoms with E-state index >= 15 is 0 Å². The summed E-state index contributed by atoms with van der Waals surface area (Å²) in [6.07, 6.45) is 0. The van der Waals surface area contributed by atoms with Gasteiger partial charge in [-0.05, 0) is 61.1 Å². The highest BCUT2D eigenvalue weighted by molar-refractivity contribution is 7.80. The molecule has 8 heteroatoms. The Bertz CT molecular complexity index is 780. The quantitative estimate of drug-likeness (QED) is 0.359. The summed E-state index contributed by atoms with van der Waals surface area (Å²) in [4.78, 5) is 13.5. The van der Waals surface area contributed by atoms with Crippen LogP contribution in [0.5, 0.6) is 11.5 Å². The van der Waals surface area contributed by atoms with Crippen molar-refractivity contribution in [3.63, 3.8) is 0 Å². The molecule has 2 aromatic carbocycles. The lowest BCUT2D eigenvalue weighted by atomic mass is 10.1. The van der Waals surface area contributed by atoms with Crippen molar-refractivity contribution in [1.82, 2.24) is 16.2 Å². The summed E-state index contributed by atoms with van der Waals surface area (Å²) >= 11 is 5.13. The van der Waals surface area contributed by atoms with E-state index in [2.05, 4.69) is 30.3 Å². The Morgan fingerprint density at radius 1 is 0.966 bits per heavy atom. The van der Waals surface area contributed by atoms with Crippen molar-refractivity contribution < 1.29 is 19.2 Å². The minimum atomic E-state index is -0.258. The third-order valence-corrected chi connectivity index (χ3v) is 4.20. The normalized spacial score (nSPS) is 10.3. The number of thiocarbonyl (C=S) groups is 1. The number of hydrazine groups is 1. The van der Waals surface area contributed by atoms with Gasteiger partial charge in [0.1, 0.15) is 18.1 Å². The van der Waals surface area contributed by atoms with Gasteiger partial charge in [-0.2, -0.15) is 0 Å². The molecule has 2 rings (SSSR count). The summed E-state index contributed by atoms with van der Waals surface area (Å²) in [5.41, 5.74) is 6.79. The van der Waals surface area contributed by atoms with Crippen molar-refractivity contribution in [2.75, 3.05) is 33.8 Å². The zero-order chi connectivity index (χ0) is 21.1. The number of carbonyl (C=O) groups is 1. The molecule has 0 spiro atoms. The lowest BCUT2D eigenvalue weighted by Crippen LogP contribution is -3.06. The SMILES string of the molecule is CCOc1ccc(OCc2ccc(C(=O)NNC(=S)NCC[NH+](C)C)cc2)cc1. The molecule has 156 valence electrons. The van der Waals surface area contributed by atoms with E-state index in [1.165, 1.54) is 4.90 Å². The van der Waals surface area contributed by atoms with Gasteiger partial charge in [0.25, 0.3) is 5.91 Å². The smallest absolute Gasteiger partial charge is 0.269 e. The number of rotatable bonds is 9. The molecular formula is C21H29N4O3S+. The molecule has 1 amide bonds. The molecule has 0 radical (unpaired) electrons. The number of hydrogen-bond donors (Lipinski definition) is 4. The highest BCUT2D eigenvalue weighted by Crippen LogP contribution is 2.18. The number of carbonyl (C=O) groups excluding carboxylic acids is 1. The minimum Gasteiger partial charge on any atom is -0.494 e. The topological polar surface area (TPSA) is 76.1 Å². The highest BCUT2D eigenvalue weighted by atomic mass is 32.1. The Morgan fingerprint density at radius 2 is 1.59 bits per heavy atom. The van der Waals surface area contributed by atoms with Crippen molar-refractivity contribution in [2.45, 2.75) is 13.5 Å². The van der Waals surface area contributed by atoms with Gasteiger partial charge < -0.3 is 19.7 Å². The van der Waals surface area contributed by atoms with Crippen LogP contribution in [0.2, 0.25) is 0 Å². The predicted octanol–water partition coefficient (Wildman–Crippen LogP) is 0.918. The molecule has 0 heterocycles. The summed E-state index contributed by atoms with van der Waals surface area (Å²) < 4.78 is 11.2. The Balaban J connectivity index is 1.75. The lowest BCUT2D eigenvalue weighted by Gasteiger charge is -2.13. The van der Waals surface area contributed by atoms with Crippen LogP contribution in [0.15, 0.2) is 48.5 Å². The molecule has 0 saturated heterocycles. The average molecular weight is 418 g/mol. The fraction of sp³-hybridized carbons (Fsp3) is 0.333. The first kappa shape index (κ1) is 22.4. The van der Waals surface area contributed by atoms with E-state index in [0.717, 1.165) is 30.2 Å². The molecule has 0 fully saturated rings. The first-order valence-electron chi connectivity index (χ1n) is 9.55. The van der Waals surface area contributed by atoms with Crippen LogP contribution in [-0.4, -0.2) is 44.8 Å². The molecule has 0 atom stereocenters. The molecule has 29 heavy (non-hydrogen) atoms. The van der Waals surface area contributed by atoms with Gasteiger partial charge in [-0.15, -0.1) is 0 Å². The van der Waals surface area contributed by atoms with Crippen molar-refractivity contribution in [3.05, 3.63) is 59.7 Å². The molecule has 0 unspecified atom stereocenters. The number of hydrogen-bond acceptors (Lipinski definition) is 4. The molecule has 0 aliphatic carbocycles. The van der Waals surface area contributed by atoms with Gasteiger partial charge in [-0.25, -0.2) is 0 Å². The maximum atomic E-state index is 12.2. The second-order valence-electron chi connectivity index (χ2n) is 6.68. The van der Waals surface area contributed by atoms with Gasteiger partial charge in [-0.1, -0.05) is 12.1 Å². The van der Waals surface area contributed by atoms with Crippen LogP contribution in [0.25, 0.3) is 0 Å². The molecule has 0 bridgehead atoms. The van der Waals surface area contributed by atoms with Crippen LogP contribution in [0.3, 0.4) is 0 Å². The van der Waals surface area contributed by atoms with E-state index in [0.29, 0.717) is 23.9 Å². The Kier molecular flexibility index (Phi) is 9.20. The first-order valence-corrected chi connectivity index (χ1v) is 9.96. The Morgan fingerprint density at radius 3 is 2.17 bits per heavy atom. The van der Waals surface area contributed by atoms with Gasteiger partial charge >= 0.3 is 0 Å². The molecule has 7 nitrogen and oxygen atoms in total. The number of quaternary nitrogens is 1. The first-order chi connectivity index (χ1) is 14.0. The summed E-state index contributed by atoms with van der Waals surface area (Å²) in [5, 5.41) is 3.42. The second kappa shape index (κ2) is 11.9. The molecule has 2 aromatic rings. The van der Waals surface area contributed by atoms with Crippen molar-refractivity contribution in [2.24, 2.45) is 0 Å². The van der Waals surface area contributed by atoms with Crippen molar-refractivity contribution >= 4 is 23.2 Å². The van der Waals surface area contributed by atoms with E-state index < -0.39 is 0 Å². The van der Waals surface area contributed by atoms with E-state index in [4.69, 9.17) is 21.7 Å². The summed E-state index contributed by atoms with van der Waals surface area (Å²) in [6, 6.07) is 14.7. The standard InChI is InChI=1S/C21H28N4O3S/c1-4-27-18-9-11-19(12-10-18)28-15-16-5-7-17(8-6-16)20(26)23-24-21(29)22-13-14-25(2)3/h5-12H,4,13-15H2,1-3H3,(H,23,26)(H2,22,24,29)/p+1. The molecule has 0 aliphatic rings. The summed E-state index contributed by atoms with van der Waals surface area (Å²) in [6.45, 7) is 4.65. The second-order valence-corrected chi connectivity index (χ2v) is 7.09. The van der Waals surface area contributed by atoms with Crippen LogP contribution in [0.4, 0.5) is 0 Å². The van der Waals surface area contributed by atoms with Gasteiger partial charge in [0.2, 0.25) is 0 Å². The van der Waals surface area contributed by atoms with E-state index in [9.17, 15) is 4.79 Å². The third kappa shape index (κ3) is 8.37. The molecule has 0 saturated carbocycles. The minimum absolute atomic E-state index is 0.258. The average Bonchev–Trinajstić information content (AvgIpc) is 2.72. The molecule has 0 aromatic heterocycles. The maximum Gasteiger partial charge on any atom is 0.269 e. The number of amides is 1. The zero-order valence-corrected chi connectivity index (χ0v) is 17.9. The van der Waals surface area contributed by atoms with Gasteiger partial charge in [0.15, 0.2) is 5.11 Å². The fourth-order valence-corrected chi connectivity index (χ4v) is 2.53. The van der Waals surface area contributed by atoms with Gasteiger partial charge in [0.05, 0.1) is 33.8 Å². The fourth-order valence-electron chi connectivity index (χ4n) is 2.37. The van der Waals surface area contributed by atoms with E-state index in [1.54, 1.807) is 12.1 Å². The van der Waals surface area contributed by atoms with Gasteiger partial charge in [-0.3, -0.25) is 15.6 Å². The molecule has 0 aliphatic heterocycles. The summed E-state index contributed by atoms with van der Waals surface area (Å²) in [7, 11) is 4.12. The van der Waals surface area contributed by atoms with Crippen LogP contribution < -0.4 is 30.5 Å². The Labute approximate surface area is 177 Å². The van der Waals surface area contributed by atoms with Gasteiger partial charge in [0, 0.05) is 5.56 Å². The van der Waals surface area contributed by atoms with Crippen molar-refractivity contribution in [3.8, 4) is 11.5 Å². The summed E-state index contributed by atoms with van der Waals surface area (Å²) in [5.74, 6) is 1.32. The zero-order valence-electron chi connectivity index (χ0n) is 17.1. The predicted molar refractivity (Wildman–Crippen MR) is 117 cm³/mol. The Hall–Kier alpha value is -2.84. The number of ether oxygens (including phenoxy) is 2. The van der Waals surface area contributed by atoms with Crippen LogP contribution in [0, 0.1) is 0 Å². The number of benzene rings is 2. The maximum absolute atomic E-state index is 12.2. The van der Waals surface area contributed by atoms with Crippen LogP contribution in [-0.2, 0) is 6.61 Å². The lowest BCUT2D eigenvalue weighted by molar-refractivity contribution is -0.856. The van der Waals surface area contributed by atoms with E-state index in [-0.39, 0.29) is 5.91 Å². The number of likely N-dealkylation sites (N-methyl/N-ethyl adjacent to an activating group) is 1. The van der Waals surface area contributed by atoms with E-state index in [1.807, 2.05) is 43.3 Å². The largest absolute Gasteiger partial charge is 0.494 e. The molecule has 4 N–H and O–H groups in total. The van der Waals surface area contributed by atoms with Crippen molar-refractivity contribution in [1.29, 1.82) is 0 Å². The third-order valence-electron chi connectivity index (χ3n) is 3.96.